The van der Waals surface area contributed by atoms with Gasteiger partial charge in [0.25, 0.3) is 0 Å². The molecule has 0 saturated carbocycles. The average Bonchev–Trinajstić information content (AvgIpc) is 2.43. The lowest BCUT2D eigenvalue weighted by molar-refractivity contribution is -0.138. The summed E-state index contributed by atoms with van der Waals surface area (Å²) in [6, 6.07) is 9.30. The van der Waals surface area contributed by atoms with E-state index >= 15 is 0 Å². The highest BCUT2D eigenvalue weighted by Gasteiger charge is 2.25. The number of nitrogens with zero attached hydrogens (tertiary/aromatic N) is 1. The van der Waals surface area contributed by atoms with Gasteiger partial charge in [0.1, 0.15) is 5.60 Å². The summed E-state index contributed by atoms with van der Waals surface area (Å²) in [4.78, 5) is 11.9. The topological polar surface area (TPSA) is 61.8 Å². The predicted octanol–water partition coefficient (Wildman–Crippen LogP) is 3.57. The van der Waals surface area contributed by atoms with Crippen molar-refractivity contribution in [3.05, 3.63) is 35.9 Å². The van der Waals surface area contributed by atoms with Gasteiger partial charge in [-0.05, 0) is 39.7 Å². The Morgan fingerprint density at radius 1 is 1.32 bits per heavy atom. The second-order valence-corrected chi connectivity index (χ2v) is 6.48. The number of amides is 1. The third-order valence-corrected chi connectivity index (χ3v) is 3.38. The maximum Gasteiger partial charge on any atom is 0.407 e. The summed E-state index contributed by atoms with van der Waals surface area (Å²) in [5.74, 6) is 0. The Morgan fingerprint density at radius 2 is 1.91 bits per heavy atom. The lowest BCUT2D eigenvalue weighted by Crippen LogP contribution is -2.49. The van der Waals surface area contributed by atoms with Crippen LogP contribution in [0.2, 0.25) is 0 Å². The molecule has 0 spiro atoms. The molecule has 0 aliphatic heterocycles. The van der Waals surface area contributed by atoms with Gasteiger partial charge in [0.15, 0.2) is 0 Å². The molecular weight excluding hydrogens is 280 g/mol. The molecule has 0 radical (unpaired) electrons. The number of rotatable bonds is 6. The highest BCUT2D eigenvalue weighted by molar-refractivity contribution is 5.68. The van der Waals surface area contributed by atoms with Gasteiger partial charge >= 0.3 is 6.09 Å². The summed E-state index contributed by atoms with van der Waals surface area (Å²) in [6.07, 6.45) is 0.242. The van der Waals surface area contributed by atoms with E-state index in [1.54, 1.807) is 0 Å². The Kier molecular flexibility index (Phi) is 6.84. The van der Waals surface area contributed by atoms with E-state index in [2.05, 4.69) is 5.32 Å². The molecular formula is C17H28N2O3. The summed E-state index contributed by atoms with van der Waals surface area (Å²) in [5.41, 5.74) is 0.484. The Balaban J connectivity index is 2.59. The van der Waals surface area contributed by atoms with Crippen molar-refractivity contribution >= 4 is 6.09 Å². The van der Waals surface area contributed by atoms with Gasteiger partial charge in [-0.15, -0.1) is 0 Å². The monoisotopic (exact) mass is 308 g/mol. The normalized spacial score (nSPS) is 14.5. The second kappa shape index (κ2) is 8.15. The van der Waals surface area contributed by atoms with Crippen LogP contribution in [0, 0.1) is 0 Å². The van der Waals surface area contributed by atoms with Crippen molar-refractivity contribution in [2.24, 2.45) is 0 Å². The van der Waals surface area contributed by atoms with Crippen LogP contribution in [0.4, 0.5) is 4.79 Å². The van der Waals surface area contributed by atoms with Gasteiger partial charge < -0.3 is 15.3 Å². The summed E-state index contributed by atoms with van der Waals surface area (Å²) in [7, 11) is 0. The maximum absolute atomic E-state index is 11.9. The van der Waals surface area contributed by atoms with Crippen LogP contribution in [0.5, 0.6) is 0 Å². The van der Waals surface area contributed by atoms with Crippen molar-refractivity contribution in [3.8, 4) is 0 Å². The van der Waals surface area contributed by atoms with Gasteiger partial charge in [-0.2, -0.15) is 5.06 Å². The van der Waals surface area contributed by atoms with Crippen LogP contribution in [0.3, 0.4) is 0 Å². The van der Waals surface area contributed by atoms with Crippen LogP contribution >= 0.6 is 0 Å². The number of carbonyl (C=O) groups is 1. The van der Waals surface area contributed by atoms with E-state index in [9.17, 15) is 10.0 Å². The number of alkyl carbamates (subject to hydrolysis) is 1. The molecule has 22 heavy (non-hydrogen) atoms. The molecule has 124 valence electrons. The smallest absolute Gasteiger partial charge is 0.407 e. The Labute approximate surface area is 133 Å². The lowest BCUT2D eigenvalue weighted by atomic mass is 10.1. The fourth-order valence-corrected chi connectivity index (χ4v) is 2.14. The molecule has 2 atom stereocenters. The molecule has 1 rings (SSSR count). The van der Waals surface area contributed by atoms with Gasteiger partial charge in [-0.1, -0.05) is 37.3 Å². The summed E-state index contributed by atoms with van der Waals surface area (Å²) >= 11 is 0. The molecule has 1 aromatic carbocycles. The molecule has 0 fully saturated rings. The van der Waals surface area contributed by atoms with E-state index < -0.39 is 11.7 Å². The summed E-state index contributed by atoms with van der Waals surface area (Å²) in [5, 5.41) is 14.3. The zero-order chi connectivity index (χ0) is 16.8. The molecule has 1 unspecified atom stereocenters. The Hall–Kier alpha value is -1.59. The molecule has 0 saturated heterocycles. The lowest BCUT2D eigenvalue weighted by Gasteiger charge is -2.31. The van der Waals surface area contributed by atoms with E-state index in [-0.39, 0.29) is 12.1 Å². The number of hydrogen-bond acceptors (Lipinski definition) is 4. The van der Waals surface area contributed by atoms with Crippen molar-refractivity contribution in [2.75, 3.05) is 0 Å². The fourth-order valence-electron chi connectivity index (χ4n) is 2.14. The van der Waals surface area contributed by atoms with Gasteiger partial charge in [-0.25, -0.2) is 4.79 Å². The van der Waals surface area contributed by atoms with Crippen LogP contribution < -0.4 is 5.32 Å². The molecule has 1 aromatic rings. The first-order valence-corrected chi connectivity index (χ1v) is 7.72. The SMILES string of the molecule is CCC(NC(=O)OC(C)(C)C)[C@@H](C)N(O)Cc1ccccc1. The van der Waals surface area contributed by atoms with E-state index in [0.717, 1.165) is 5.56 Å². The number of ether oxygens (including phenoxy) is 1. The number of hydrogen-bond donors (Lipinski definition) is 2. The predicted molar refractivity (Wildman–Crippen MR) is 86.7 cm³/mol. The van der Waals surface area contributed by atoms with Gasteiger partial charge in [0.2, 0.25) is 0 Å². The third kappa shape index (κ3) is 6.45. The van der Waals surface area contributed by atoms with E-state index in [0.29, 0.717) is 13.0 Å². The minimum absolute atomic E-state index is 0.191. The maximum atomic E-state index is 11.9. The molecule has 0 aromatic heterocycles. The van der Waals surface area contributed by atoms with Crippen molar-refractivity contribution in [1.29, 1.82) is 0 Å². The van der Waals surface area contributed by atoms with Crippen LogP contribution in [0.1, 0.15) is 46.6 Å². The summed E-state index contributed by atoms with van der Waals surface area (Å²) in [6.45, 7) is 9.73. The van der Waals surface area contributed by atoms with Crippen molar-refractivity contribution in [2.45, 2.75) is 65.3 Å². The molecule has 2 N–H and O–H groups in total. The summed E-state index contributed by atoms with van der Waals surface area (Å²) < 4.78 is 5.27. The Bertz CT molecular complexity index is 457. The van der Waals surface area contributed by atoms with Crippen LogP contribution in [0.25, 0.3) is 0 Å². The molecule has 1 amide bonds. The highest BCUT2D eigenvalue weighted by Crippen LogP contribution is 2.12. The molecule has 5 heteroatoms. The molecule has 5 nitrogen and oxygen atoms in total. The third-order valence-electron chi connectivity index (χ3n) is 3.38. The zero-order valence-corrected chi connectivity index (χ0v) is 14.2. The quantitative estimate of drug-likeness (QED) is 0.789. The van der Waals surface area contributed by atoms with E-state index in [1.165, 1.54) is 5.06 Å². The van der Waals surface area contributed by atoms with E-state index in [1.807, 2.05) is 65.0 Å². The van der Waals surface area contributed by atoms with Crippen molar-refractivity contribution in [1.82, 2.24) is 10.4 Å². The van der Waals surface area contributed by atoms with Crippen LogP contribution in [-0.4, -0.2) is 34.0 Å². The second-order valence-electron chi connectivity index (χ2n) is 6.48. The van der Waals surface area contributed by atoms with Gasteiger partial charge in [-0.3, -0.25) is 0 Å². The van der Waals surface area contributed by atoms with Gasteiger partial charge in [0.05, 0.1) is 6.04 Å². The molecule has 0 heterocycles. The first-order valence-electron chi connectivity index (χ1n) is 7.72. The molecule has 0 aliphatic rings. The van der Waals surface area contributed by atoms with Crippen molar-refractivity contribution < 1.29 is 14.7 Å². The van der Waals surface area contributed by atoms with E-state index in [4.69, 9.17) is 4.74 Å². The minimum Gasteiger partial charge on any atom is -0.444 e. The first kappa shape index (κ1) is 18.5. The number of carbonyl (C=O) groups excluding carboxylic acids is 1. The number of benzene rings is 1. The molecule has 0 bridgehead atoms. The number of hydroxylamine groups is 2. The first-order chi connectivity index (χ1) is 10.2. The largest absolute Gasteiger partial charge is 0.444 e. The Morgan fingerprint density at radius 3 is 2.41 bits per heavy atom. The minimum atomic E-state index is -0.533. The van der Waals surface area contributed by atoms with Gasteiger partial charge in [0, 0.05) is 12.6 Å². The fraction of sp³-hybridized carbons (Fsp3) is 0.588. The highest BCUT2D eigenvalue weighted by atomic mass is 16.6. The van der Waals surface area contributed by atoms with Crippen LogP contribution in [0.15, 0.2) is 30.3 Å². The average molecular weight is 308 g/mol. The van der Waals surface area contributed by atoms with Crippen LogP contribution in [-0.2, 0) is 11.3 Å². The number of nitrogens with one attached hydrogen (secondary N) is 1. The van der Waals surface area contributed by atoms with Crippen molar-refractivity contribution in [3.63, 3.8) is 0 Å². The standard InChI is InChI=1S/C17H28N2O3/c1-6-15(18-16(20)22-17(3,4)5)13(2)19(21)12-14-10-8-7-9-11-14/h7-11,13,15,21H,6,12H2,1-5H3,(H,18,20)/t13-,15?/m1/s1. The molecule has 0 aliphatic carbocycles. The zero-order valence-electron chi connectivity index (χ0n) is 14.2.